The van der Waals surface area contributed by atoms with Crippen molar-refractivity contribution < 1.29 is 19.0 Å². The van der Waals surface area contributed by atoms with Crippen molar-refractivity contribution in [2.24, 2.45) is 0 Å². The van der Waals surface area contributed by atoms with E-state index in [1.807, 2.05) is 47.4 Å². The lowest BCUT2D eigenvalue weighted by atomic mass is 9.90. The number of benzene rings is 3. The van der Waals surface area contributed by atoms with Crippen molar-refractivity contribution in [1.29, 1.82) is 0 Å². The van der Waals surface area contributed by atoms with Crippen molar-refractivity contribution in [3.63, 3.8) is 0 Å². The monoisotopic (exact) mass is 402 g/mol. The number of rotatable bonds is 3. The van der Waals surface area contributed by atoms with Gasteiger partial charge in [0.25, 0.3) is 5.91 Å². The van der Waals surface area contributed by atoms with Gasteiger partial charge >= 0.3 is 0 Å². The summed E-state index contributed by atoms with van der Waals surface area (Å²) in [4.78, 5) is 15.3. The first-order valence-electron chi connectivity index (χ1n) is 10.3. The quantitative estimate of drug-likeness (QED) is 0.727. The highest BCUT2D eigenvalue weighted by Gasteiger charge is 2.38. The summed E-state index contributed by atoms with van der Waals surface area (Å²) < 4.78 is 16.7. The molecule has 0 radical (unpaired) electrons. The zero-order valence-corrected chi connectivity index (χ0v) is 16.7. The van der Waals surface area contributed by atoms with Crippen molar-refractivity contribution in [2.75, 3.05) is 27.0 Å². The fourth-order valence-electron chi connectivity index (χ4n) is 4.87. The van der Waals surface area contributed by atoms with E-state index in [1.54, 1.807) is 7.11 Å². The molecular formula is C24H22N2O4. The summed E-state index contributed by atoms with van der Waals surface area (Å²) in [5, 5.41) is 5.45. The normalized spacial score (nSPS) is 21.4. The van der Waals surface area contributed by atoms with Gasteiger partial charge in [0.2, 0.25) is 6.79 Å². The molecule has 2 bridgehead atoms. The molecule has 7 rings (SSSR count). The van der Waals surface area contributed by atoms with Gasteiger partial charge in [-0.1, -0.05) is 30.3 Å². The molecule has 0 spiro atoms. The van der Waals surface area contributed by atoms with Gasteiger partial charge in [0.05, 0.1) is 7.11 Å². The average molecular weight is 402 g/mol. The summed E-state index contributed by atoms with van der Waals surface area (Å²) in [6.07, 6.45) is 1.17. The standard InChI is InChI=1S/C24H22N2O4/c1-28-21-10-23-22(29-13-30-23)9-20(21)18-6-7-19(17-5-3-2-4-16(17)18)24(27)26-11-14-8-15(12-26)25-14/h2-7,9-10,14-15,25H,8,11-13H2,1H3. The zero-order valence-electron chi connectivity index (χ0n) is 16.7. The molecule has 4 aliphatic rings. The minimum absolute atomic E-state index is 0.103. The summed E-state index contributed by atoms with van der Waals surface area (Å²) >= 11 is 0. The molecule has 6 nitrogen and oxygen atoms in total. The minimum atomic E-state index is 0.103. The van der Waals surface area contributed by atoms with E-state index in [9.17, 15) is 4.79 Å². The second kappa shape index (κ2) is 6.64. The summed E-state index contributed by atoms with van der Waals surface area (Å²) in [5.74, 6) is 2.20. The van der Waals surface area contributed by atoms with Crippen molar-refractivity contribution in [3.8, 4) is 28.4 Å². The van der Waals surface area contributed by atoms with Crippen LogP contribution in [0.1, 0.15) is 16.8 Å². The maximum atomic E-state index is 13.3. The van der Waals surface area contributed by atoms with Crippen LogP contribution in [0.2, 0.25) is 0 Å². The molecule has 0 saturated carbocycles. The Labute approximate surface area is 174 Å². The minimum Gasteiger partial charge on any atom is -0.496 e. The number of nitrogens with zero attached hydrogens (tertiary/aromatic N) is 1. The van der Waals surface area contributed by atoms with Crippen LogP contribution in [0.25, 0.3) is 21.9 Å². The maximum Gasteiger partial charge on any atom is 0.254 e. The summed E-state index contributed by atoms with van der Waals surface area (Å²) in [6.45, 7) is 1.77. The Balaban J connectivity index is 1.47. The Morgan fingerprint density at radius 2 is 1.70 bits per heavy atom. The van der Waals surface area contributed by atoms with E-state index in [2.05, 4.69) is 11.4 Å². The first-order chi connectivity index (χ1) is 14.7. The van der Waals surface area contributed by atoms with Crippen LogP contribution in [-0.4, -0.2) is 49.9 Å². The van der Waals surface area contributed by atoms with Crippen LogP contribution in [0.5, 0.6) is 17.2 Å². The van der Waals surface area contributed by atoms with Gasteiger partial charge < -0.3 is 24.4 Å². The molecular weight excluding hydrogens is 380 g/mol. The molecule has 2 atom stereocenters. The number of carbonyl (C=O) groups is 1. The van der Waals surface area contributed by atoms with Gasteiger partial charge in [-0.2, -0.15) is 0 Å². The van der Waals surface area contributed by atoms with Gasteiger partial charge in [0.15, 0.2) is 11.5 Å². The van der Waals surface area contributed by atoms with E-state index in [-0.39, 0.29) is 12.7 Å². The first-order valence-corrected chi connectivity index (χ1v) is 10.3. The van der Waals surface area contributed by atoms with Crippen molar-refractivity contribution in [1.82, 2.24) is 10.2 Å². The summed E-state index contributed by atoms with van der Waals surface area (Å²) in [7, 11) is 1.65. The Kier molecular flexibility index (Phi) is 3.89. The summed E-state index contributed by atoms with van der Waals surface area (Å²) in [5.41, 5.74) is 2.66. The lowest BCUT2D eigenvalue weighted by molar-refractivity contribution is 0.0475. The third kappa shape index (κ3) is 2.64. The number of piperidine rings is 1. The topological polar surface area (TPSA) is 60.0 Å². The smallest absolute Gasteiger partial charge is 0.254 e. The summed E-state index contributed by atoms with van der Waals surface area (Å²) in [6, 6.07) is 16.7. The molecule has 6 heteroatoms. The molecule has 1 amide bonds. The number of methoxy groups -OCH3 is 1. The number of ether oxygens (including phenoxy) is 3. The molecule has 3 aromatic rings. The second-order valence-electron chi connectivity index (χ2n) is 8.12. The van der Waals surface area contributed by atoms with Crippen LogP contribution in [-0.2, 0) is 0 Å². The van der Waals surface area contributed by atoms with E-state index in [0.717, 1.165) is 40.6 Å². The second-order valence-corrected chi connectivity index (χ2v) is 8.12. The van der Waals surface area contributed by atoms with E-state index in [4.69, 9.17) is 14.2 Å². The molecule has 152 valence electrons. The third-order valence-corrected chi connectivity index (χ3v) is 6.35. The lowest BCUT2D eigenvalue weighted by Crippen LogP contribution is -2.67. The molecule has 1 N–H and O–H groups in total. The average Bonchev–Trinajstić information content (AvgIpc) is 3.24. The van der Waals surface area contributed by atoms with Crippen LogP contribution in [0.15, 0.2) is 48.5 Å². The molecule has 3 aromatic carbocycles. The zero-order chi connectivity index (χ0) is 20.2. The molecule has 2 unspecified atom stereocenters. The Bertz CT molecular complexity index is 1160. The van der Waals surface area contributed by atoms with E-state index in [0.29, 0.717) is 29.3 Å². The Hall–Kier alpha value is -3.25. The number of amides is 1. The first kappa shape index (κ1) is 17.6. The van der Waals surface area contributed by atoms with Crippen LogP contribution in [0.4, 0.5) is 0 Å². The van der Waals surface area contributed by atoms with Crippen molar-refractivity contribution in [2.45, 2.75) is 18.5 Å². The van der Waals surface area contributed by atoms with Gasteiger partial charge in [-0.3, -0.25) is 4.79 Å². The molecule has 4 heterocycles. The molecule has 30 heavy (non-hydrogen) atoms. The molecule has 0 aliphatic carbocycles. The number of hydrogen-bond acceptors (Lipinski definition) is 5. The van der Waals surface area contributed by atoms with E-state index >= 15 is 0 Å². The predicted molar refractivity (Wildman–Crippen MR) is 113 cm³/mol. The van der Waals surface area contributed by atoms with Crippen molar-refractivity contribution >= 4 is 16.7 Å². The van der Waals surface area contributed by atoms with Crippen LogP contribution >= 0.6 is 0 Å². The molecule has 4 aliphatic heterocycles. The van der Waals surface area contributed by atoms with Gasteiger partial charge in [0, 0.05) is 42.4 Å². The Morgan fingerprint density at radius 3 is 2.43 bits per heavy atom. The van der Waals surface area contributed by atoms with Crippen molar-refractivity contribution in [3.05, 3.63) is 54.1 Å². The highest BCUT2D eigenvalue weighted by Crippen LogP contribution is 2.44. The number of carbonyl (C=O) groups excluding carboxylic acids is 1. The Morgan fingerprint density at radius 1 is 1.00 bits per heavy atom. The SMILES string of the molecule is COc1cc2c(cc1-c1ccc(C(=O)N3CC4CC(C3)N4)c3ccccc13)OCO2. The van der Waals surface area contributed by atoms with Crippen LogP contribution in [0, 0.1) is 0 Å². The highest BCUT2D eigenvalue weighted by atomic mass is 16.7. The lowest BCUT2D eigenvalue weighted by Gasteiger charge is -2.48. The third-order valence-electron chi connectivity index (χ3n) is 6.35. The van der Waals surface area contributed by atoms with E-state index in [1.165, 1.54) is 6.42 Å². The fourth-order valence-corrected chi connectivity index (χ4v) is 4.87. The maximum absolute atomic E-state index is 13.3. The van der Waals surface area contributed by atoms with Crippen LogP contribution in [0.3, 0.4) is 0 Å². The van der Waals surface area contributed by atoms with Gasteiger partial charge in [-0.25, -0.2) is 0 Å². The highest BCUT2D eigenvalue weighted by molar-refractivity contribution is 6.11. The molecule has 3 saturated heterocycles. The van der Waals surface area contributed by atoms with Gasteiger partial charge in [0.1, 0.15) is 5.75 Å². The van der Waals surface area contributed by atoms with Gasteiger partial charge in [-0.15, -0.1) is 0 Å². The van der Waals surface area contributed by atoms with Gasteiger partial charge in [-0.05, 0) is 34.9 Å². The fraction of sp³-hybridized carbons (Fsp3) is 0.292. The van der Waals surface area contributed by atoms with E-state index < -0.39 is 0 Å². The number of fused-ring (bicyclic) bond motifs is 4. The predicted octanol–water partition coefficient (Wildman–Crippen LogP) is 3.43. The molecule has 0 aromatic heterocycles. The van der Waals surface area contributed by atoms with Crippen LogP contribution < -0.4 is 19.5 Å². The number of nitrogens with one attached hydrogen (secondary N) is 1. The number of hydrogen-bond donors (Lipinski definition) is 1. The largest absolute Gasteiger partial charge is 0.496 e. The molecule has 3 fully saturated rings. The number of piperazine rings is 1.